The van der Waals surface area contributed by atoms with Crippen LogP contribution in [-0.2, 0) is 14.3 Å². The lowest BCUT2D eigenvalue weighted by atomic mass is 9.90. The fourth-order valence-electron chi connectivity index (χ4n) is 3.42. The minimum atomic E-state index is -0.861. The first kappa shape index (κ1) is 25.8. The molecule has 2 amide bonds. The second-order valence-electron chi connectivity index (χ2n) is 7.63. The molecule has 0 radical (unpaired) electrons. The zero-order valence-electron chi connectivity index (χ0n) is 19.8. The lowest BCUT2D eigenvalue weighted by Gasteiger charge is -2.18. The van der Waals surface area contributed by atoms with Crippen molar-refractivity contribution in [1.29, 1.82) is 0 Å². The maximum Gasteiger partial charge on any atom is 0.362 e. The van der Waals surface area contributed by atoms with Crippen LogP contribution in [0.25, 0.3) is 0 Å². The Labute approximate surface area is 208 Å². The minimum Gasteiger partial charge on any atom is -0.461 e. The van der Waals surface area contributed by atoms with E-state index < -0.39 is 23.5 Å². The number of nitrogens with one attached hydrogen (secondary N) is 2. The molecule has 36 heavy (non-hydrogen) atoms. The van der Waals surface area contributed by atoms with Gasteiger partial charge in [0.2, 0.25) is 11.6 Å². The molecule has 0 aliphatic carbocycles. The molecule has 0 heterocycles. The van der Waals surface area contributed by atoms with Crippen LogP contribution in [0.5, 0.6) is 0 Å². The van der Waals surface area contributed by atoms with Crippen LogP contribution in [0, 0.1) is 0 Å². The third-order valence-corrected chi connectivity index (χ3v) is 5.18. The number of hydrazone groups is 1. The summed E-state index contributed by atoms with van der Waals surface area (Å²) in [7, 11) is 0. The number of benzene rings is 3. The quantitative estimate of drug-likeness (QED) is 0.182. The first-order valence-electron chi connectivity index (χ1n) is 11.2. The molecular weight excluding hydrogens is 460 g/mol. The zero-order chi connectivity index (χ0) is 25.9. The molecule has 0 fully saturated rings. The lowest BCUT2D eigenvalue weighted by molar-refractivity contribution is -0.135. The van der Waals surface area contributed by atoms with Gasteiger partial charge in [0.25, 0.3) is 5.91 Å². The van der Waals surface area contributed by atoms with Gasteiger partial charge in [0.1, 0.15) is 0 Å². The number of hydrogen-bond donors (Lipinski definition) is 3. The van der Waals surface area contributed by atoms with Crippen molar-refractivity contribution in [2.24, 2.45) is 10.3 Å². The van der Waals surface area contributed by atoms with E-state index in [-0.39, 0.29) is 23.8 Å². The predicted molar refractivity (Wildman–Crippen MR) is 136 cm³/mol. The van der Waals surface area contributed by atoms with Gasteiger partial charge >= 0.3 is 5.97 Å². The number of carbonyl (C=O) groups is 3. The van der Waals surface area contributed by atoms with Crippen molar-refractivity contribution in [3.05, 3.63) is 102 Å². The fraction of sp³-hybridized carbons (Fsp3) is 0.148. The average molecular weight is 487 g/mol. The van der Waals surface area contributed by atoms with Crippen LogP contribution in [0.3, 0.4) is 0 Å². The molecule has 3 rings (SSSR count). The zero-order valence-corrected chi connectivity index (χ0v) is 19.8. The Morgan fingerprint density at radius 1 is 0.889 bits per heavy atom. The highest BCUT2D eigenvalue weighted by Crippen LogP contribution is 2.26. The summed E-state index contributed by atoms with van der Waals surface area (Å²) in [5.74, 6) is -2.13. The van der Waals surface area contributed by atoms with E-state index in [9.17, 15) is 14.4 Å². The molecule has 0 aliphatic heterocycles. The summed E-state index contributed by atoms with van der Waals surface area (Å²) >= 11 is 0. The van der Waals surface area contributed by atoms with Gasteiger partial charge in [-0.25, -0.2) is 10.2 Å². The maximum atomic E-state index is 13.2. The van der Waals surface area contributed by atoms with Gasteiger partial charge in [0.05, 0.1) is 18.2 Å². The standard InChI is InChI=1S/C27H26N4O5/c1-3-36-27(34)24(31-35)18(2)29-30-25(32)21-14-16-22(17-15-21)28-26(33)23(19-10-6-4-7-11-19)20-12-8-5-9-13-20/h4-17,23,35H,3H2,1-2H3,(H,28,33)(H,30,32)/b29-18-,31-24-. The largest absolute Gasteiger partial charge is 0.461 e. The van der Waals surface area contributed by atoms with Crippen molar-refractivity contribution < 1.29 is 24.3 Å². The number of nitrogens with zero attached hydrogens (tertiary/aromatic N) is 2. The van der Waals surface area contributed by atoms with E-state index in [1.165, 1.54) is 19.1 Å². The Bertz CT molecular complexity index is 1220. The summed E-state index contributed by atoms with van der Waals surface area (Å²) in [6.07, 6.45) is 0. The molecule has 0 aliphatic rings. The van der Waals surface area contributed by atoms with E-state index in [0.29, 0.717) is 5.69 Å². The van der Waals surface area contributed by atoms with Crippen LogP contribution >= 0.6 is 0 Å². The molecule has 3 N–H and O–H groups in total. The highest BCUT2D eigenvalue weighted by Gasteiger charge is 2.23. The average Bonchev–Trinajstić information content (AvgIpc) is 2.89. The molecule has 0 atom stereocenters. The molecular formula is C27H26N4O5. The number of carbonyl (C=O) groups excluding carboxylic acids is 3. The number of esters is 1. The van der Waals surface area contributed by atoms with E-state index in [1.54, 1.807) is 19.1 Å². The highest BCUT2D eigenvalue weighted by molar-refractivity contribution is 6.65. The van der Waals surface area contributed by atoms with Gasteiger partial charge in [-0.05, 0) is 49.2 Å². The van der Waals surface area contributed by atoms with Crippen LogP contribution in [0.15, 0.2) is 95.2 Å². The van der Waals surface area contributed by atoms with Gasteiger partial charge in [-0.2, -0.15) is 5.10 Å². The van der Waals surface area contributed by atoms with Crippen LogP contribution in [-0.4, -0.2) is 41.0 Å². The Balaban J connectivity index is 1.70. The smallest absolute Gasteiger partial charge is 0.362 e. The van der Waals surface area contributed by atoms with Gasteiger partial charge in [-0.3, -0.25) is 9.59 Å². The Morgan fingerprint density at radius 3 is 1.94 bits per heavy atom. The normalized spacial score (nSPS) is 11.6. The highest BCUT2D eigenvalue weighted by atomic mass is 16.5. The molecule has 0 spiro atoms. The van der Waals surface area contributed by atoms with Crippen LogP contribution in [0.4, 0.5) is 5.69 Å². The lowest BCUT2D eigenvalue weighted by Crippen LogP contribution is -2.28. The van der Waals surface area contributed by atoms with Gasteiger partial charge in [0.15, 0.2) is 0 Å². The van der Waals surface area contributed by atoms with Crippen molar-refractivity contribution in [2.45, 2.75) is 19.8 Å². The SMILES string of the molecule is CCOC(=O)C(=N\O)/C(C)=N\NC(=O)c1ccc(NC(=O)C(c2ccccc2)c2ccccc2)cc1. The summed E-state index contributed by atoms with van der Waals surface area (Å²) in [5.41, 5.74) is 4.36. The van der Waals surface area contributed by atoms with E-state index >= 15 is 0 Å². The molecule has 3 aromatic rings. The van der Waals surface area contributed by atoms with Crippen molar-refractivity contribution in [1.82, 2.24) is 5.43 Å². The third kappa shape index (κ3) is 6.63. The van der Waals surface area contributed by atoms with Crippen LogP contribution in [0.2, 0.25) is 0 Å². The van der Waals surface area contributed by atoms with Crippen molar-refractivity contribution in [2.75, 3.05) is 11.9 Å². The number of oxime groups is 1. The summed E-state index contributed by atoms with van der Waals surface area (Å²) < 4.78 is 4.77. The Hall–Kier alpha value is -4.79. The van der Waals surface area contributed by atoms with Gasteiger partial charge in [0, 0.05) is 11.3 Å². The minimum absolute atomic E-state index is 0.0268. The number of ether oxygens (including phenoxy) is 1. The first-order valence-corrected chi connectivity index (χ1v) is 11.2. The molecule has 0 bridgehead atoms. The van der Waals surface area contributed by atoms with E-state index in [4.69, 9.17) is 9.94 Å². The van der Waals surface area contributed by atoms with E-state index in [0.717, 1.165) is 11.1 Å². The van der Waals surface area contributed by atoms with Gasteiger partial charge < -0.3 is 15.3 Å². The van der Waals surface area contributed by atoms with Crippen molar-refractivity contribution >= 4 is 34.9 Å². The number of rotatable bonds is 9. The van der Waals surface area contributed by atoms with Gasteiger partial charge in [-0.15, -0.1) is 0 Å². The van der Waals surface area contributed by atoms with Crippen molar-refractivity contribution in [3.63, 3.8) is 0 Å². The topological polar surface area (TPSA) is 129 Å². The summed E-state index contributed by atoms with van der Waals surface area (Å²) in [5, 5.41) is 18.6. The number of amides is 2. The first-order chi connectivity index (χ1) is 17.4. The summed E-state index contributed by atoms with van der Waals surface area (Å²) in [4.78, 5) is 37.4. The maximum absolute atomic E-state index is 13.2. The molecule has 9 nitrogen and oxygen atoms in total. The second kappa shape index (κ2) is 12.6. The predicted octanol–water partition coefficient (Wildman–Crippen LogP) is 3.96. The summed E-state index contributed by atoms with van der Waals surface area (Å²) in [6.45, 7) is 3.09. The van der Waals surface area contributed by atoms with Crippen LogP contribution < -0.4 is 10.7 Å². The third-order valence-electron chi connectivity index (χ3n) is 5.18. The molecule has 9 heteroatoms. The van der Waals surface area contributed by atoms with E-state index in [2.05, 4.69) is 21.0 Å². The number of anilines is 1. The monoisotopic (exact) mass is 486 g/mol. The Kier molecular flexibility index (Phi) is 9.05. The van der Waals surface area contributed by atoms with E-state index in [1.807, 2.05) is 60.7 Å². The fourth-order valence-corrected chi connectivity index (χ4v) is 3.42. The molecule has 0 saturated heterocycles. The second-order valence-corrected chi connectivity index (χ2v) is 7.63. The Morgan fingerprint density at radius 2 is 1.44 bits per heavy atom. The molecule has 0 saturated carbocycles. The van der Waals surface area contributed by atoms with Crippen molar-refractivity contribution in [3.8, 4) is 0 Å². The van der Waals surface area contributed by atoms with Gasteiger partial charge in [-0.1, -0.05) is 65.8 Å². The summed E-state index contributed by atoms with van der Waals surface area (Å²) in [6, 6.07) is 25.2. The molecule has 3 aromatic carbocycles. The molecule has 0 unspecified atom stereocenters. The van der Waals surface area contributed by atoms with Crippen LogP contribution in [0.1, 0.15) is 41.3 Å². The molecule has 0 aromatic heterocycles. The number of hydrogen-bond acceptors (Lipinski definition) is 7. The molecule has 184 valence electrons.